The monoisotopic (exact) mass is 349 g/mol. The maximum Gasteiger partial charge on any atom is 0.237 e. The van der Waals surface area contributed by atoms with Gasteiger partial charge in [0, 0.05) is 4.47 Å². The van der Waals surface area contributed by atoms with Gasteiger partial charge in [-0.2, -0.15) is 0 Å². The number of benzene rings is 1. The Morgan fingerprint density at radius 3 is 2.24 bits per heavy atom. The number of fused-ring (bicyclic) bond motifs is 1. The lowest BCUT2D eigenvalue weighted by Gasteiger charge is -2.25. The number of amides is 2. The third kappa shape index (κ3) is 2.33. The lowest BCUT2D eigenvalue weighted by molar-refractivity contribution is -0.122. The standard InChI is InChI=1S/C17H20BrNO2/c1-9-4-5-13-14(6-9)17(21)19(16(13)20)12-7-10(2)15(18)11(3)8-12/h7-9,13-14H,4-6H2,1-3H3/t9-,13+,14+/m0/s1. The second-order valence-electron chi connectivity index (χ2n) is 6.54. The van der Waals surface area contributed by atoms with Crippen LogP contribution in [-0.2, 0) is 9.59 Å². The van der Waals surface area contributed by atoms with Crippen LogP contribution in [0.5, 0.6) is 0 Å². The summed E-state index contributed by atoms with van der Waals surface area (Å²) in [6, 6.07) is 3.85. The topological polar surface area (TPSA) is 37.4 Å². The van der Waals surface area contributed by atoms with Crippen molar-refractivity contribution in [3.8, 4) is 0 Å². The fourth-order valence-electron chi connectivity index (χ4n) is 3.70. The molecule has 0 aromatic heterocycles. The van der Waals surface area contributed by atoms with E-state index < -0.39 is 0 Å². The van der Waals surface area contributed by atoms with Crippen molar-refractivity contribution in [3.05, 3.63) is 27.7 Å². The minimum Gasteiger partial charge on any atom is -0.274 e. The predicted molar refractivity (Wildman–Crippen MR) is 86.1 cm³/mol. The molecular formula is C17H20BrNO2. The van der Waals surface area contributed by atoms with Crippen LogP contribution in [0.2, 0.25) is 0 Å². The first kappa shape index (κ1) is 14.8. The smallest absolute Gasteiger partial charge is 0.237 e. The van der Waals surface area contributed by atoms with E-state index >= 15 is 0 Å². The van der Waals surface area contributed by atoms with Crippen LogP contribution in [0.1, 0.15) is 37.3 Å². The Morgan fingerprint density at radius 2 is 1.62 bits per heavy atom. The van der Waals surface area contributed by atoms with Crippen molar-refractivity contribution >= 4 is 33.4 Å². The highest BCUT2D eigenvalue weighted by atomic mass is 79.9. The zero-order chi connectivity index (χ0) is 15.3. The summed E-state index contributed by atoms with van der Waals surface area (Å²) in [4.78, 5) is 26.8. The summed E-state index contributed by atoms with van der Waals surface area (Å²) in [5.41, 5.74) is 2.83. The molecule has 112 valence electrons. The van der Waals surface area contributed by atoms with E-state index in [0.29, 0.717) is 5.92 Å². The number of anilines is 1. The first-order chi connectivity index (χ1) is 9.90. The van der Waals surface area contributed by atoms with Gasteiger partial charge in [-0.1, -0.05) is 22.9 Å². The van der Waals surface area contributed by atoms with Crippen LogP contribution in [0.3, 0.4) is 0 Å². The van der Waals surface area contributed by atoms with Gasteiger partial charge in [-0.05, 0) is 62.3 Å². The van der Waals surface area contributed by atoms with Gasteiger partial charge in [0.1, 0.15) is 0 Å². The molecule has 21 heavy (non-hydrogen) atoms. The van der Waals surface area contributed by atoms with Crippen LogP contribution in [0.25, 0.3) is 0 Å². The number of nitrogens with zero attached hydrogens (tertiary/aromatic N) is 1. The Labute approximate surface area is 133 Å². The molecule has 1 heterocycles. The molecule has 0 spiro atoms. The van der Waals surface area contributed by atoms with Crippen LogP contribution in [0.4, 0.5) is 5.69 Å². The first-order valence-electron chi connectivity index (χ1n) is 7.54. The highest BCUT2D eigenvalue weighted by molar-refractivity contribution is 9.10. The lowest BCUT2D eigenvalue weighted by atomic mass is 9.76. The van der Waals surface area contributed by atoms with E-state index in [-0.39, 0.29) is 23.7 Å². The molecule has 2 fully saturated rings. The maximum absolute atomic E-state index is 12.7. The second kappa shape index (κ2) is 5.24. The van der Waals surface area contributed by atoms with Crippen molar-refractivity contribution < 1.29 is 9.59 Å². The van der Waals surface area contributed by atoms with E-state index in [4.69, 9.17) is 0 Å². The zero-order valence-corrected chi connectivity index (χ0v) is 14.2. The van der Waals surface area contributed by atoms with Crippen LogP contribution in [0, 0.1) is 31.6 Å². The fraction of sp³-hybridized carbons (Fsp3) is 0.529. The van der Waals surface area contributed by atoms with Gasteiger partial charge in [0.25, 0.3) is 0 Å². The van der Waals surface area contributed by atoms with E-state index in [0.717, 1.165) is 40.5 Å². The van der Waals surface area contributed by atoms with E-state index in [1.54, 1.807) is 0 Å². The summed E-state index contributed by atoms with van der Waals surface area (Å²) in [5, 5.41) is 0. The number of rotatable bonds is 1. The van der Waals surface area contributed by atoms with Crippen molar-refractivity contribution in [1.82, 2.24) is 0 Å². The SMILES string of the molecule is Cc1cc(N2C(=O)[C@@H]3CC[C@H](C)C[C@H]3C2=O)cc(C)c1Br. The summed E-state index contributed by atoms with van der Waals surface area (Å²) in [5.74, 6) is 0.329. The third-order valence-corrected chi connectivity index (χ3v) is 6.12. The molecule has 4 heteroatoms. The number of carbonyl (C=O) groups is 2. The van der Waals surface area contributed by atoms with Gasteiger partial charge >= 0.3 is 0 Å². The normalized spacial score (nSPS) is 29.0. The Morgan fingerprint density at radius 1 is 1.05 bits per heavy atom. The van der Waals surface area contributed by atoms with Gasteiger partial charge < -0.3 is 0 Å². The Bertz CT molecular complexity index is 602. The van der Waals surface area contributed by atoms with E-state index in [2.05, 4.69) is 22.9 Å². The van der Waals surface area contributed by atoms with Crippen LogP contribution >= 0.6 is 15.9 Å². The van der Waals surface area contributed by atoms with E-state index in [9.17, 15) is 9.59 Å². The molecule has 1 aromatic carbocycles. The number of halogens is 1. The Hall–Kier alpha value is -1.16. The highest BCUT2D eigenvalue weighted by Gasteiger charge is 2.50. The van der Waals surface area contributed by atoms with Gasteiger partial charge in [-0.3, -0.25) is 14.5 Å². The van der Waals surface area contributed by atoms with Crippen LogP contribution in [0.15, 0.2) is 16.6 Å². The van der Waals surface area contributed by atoms with Gasteiger partial charge in [0.05, 0.1) is 17.5 Å². The van der Waals surface area contributed by atoms with E-state index in [1.807, 2.05) is 26.0 Å². The number of hydrogen-bond donors (Lipinski definition) is 0. The Balaban J connectivity index is 1.99. The molecule has 3 atom stereocenters. The molecule has 2 amide bonds. The summed E-state index contributed by atoms with van der Waals surface area (Å²) >= 11 is 3.53. The third-order valence-electron chi connectivity index (χ3n) is 4.87. The molecule has 1 aromatic rings. The molecule has 1 saturated heterocycles. The Kier molecular flexibility index (Phi) is 3.68. The van der Waals surface area contributed by atoms with Crippen molar-refractivity contribution in [2.45, 2.75) is 40.0 Å². The van der Waals surface area contributed by atoms with Gasteiger partial charge in [-0.15, -0.1) is 0 Å². The van der Waals surface area contributed by atoms with E-state index in [1.165, 1.54) is 4.90 Å². The molecule has 1 saturated carbocycles. The zero-order valence-electron chi connectivity index (χ0n) is 12.6. The molecule has 3 rings (SSSR count). The summed E-state index contributed by atoms with van der Waals surface area (Å²) in [7, 11) is 0. The van der Waals surface area contributed by atoms with Gasteiger partial charge in [-0.25, -0.2) is 0 Å². The molecule has 0 radical (unpaired) electrons. The molecule has 1 aliphatic carbocycles. The maximum atomic E-state index is 12.7. The number of imide groups is 1. The molecular weight excluding hydrogens is 330 g/mol. The van der Waals surface area contributed by atoms with Crippen molar-refractivity contribution in [2.75, 3.05) is 4.90 Å². The molecule has 1 aliphatic heterocycles. The van der Waals surface area contributed by atoms with Crippen molar-refractivity contribution in [1.29, 1.82) is 0 Å². The quantitative estimate of drug-likeness (QED) is 0.718. The fourth-order valence-corrected chi connectivity index (χ4v) is 3.93. The number of hydrogen-bond acceptors (Lipinski definition) is 2. The molecule has 0 unspecified atom stereocenters. The molecule has 3 nitrogen and oxygen atoms in total. The van der Waals surface area contributed by atoms with Crippen LogP contribution in [-0.4, -0.2) is 11.8 Å². The summed E-state index contributed by atoms with van der Waals surface area (Å²) in [6.45, 7) is 6.14. The predicted octanol–water partition coefficient (Wildman–Crippen LogP) is 3.99. The average Bonchev–Trinajstić information content (AvgIpc) is 2.67. The number of carbonyl (C=O) groups excluding carboxylic acids is 2. The van der Waals surface area contributed by atoms with Crippen molar-refractivity contribution in [2.24, 2.45) is 17.8 Å². The molecule has 0 N–H and O–H groups in total. The summed E-state index contributed by atoms with van der Waals surface area (Å²) < 4.78 is 1.04. The average molecular weight is 350 g/mol. The second-order valence-corrected chi connectivity index (χ2v) is 7.33. The van der Waals surface area contributed by atoms with Gasteiger partial charge in [0.2, 0.25) is 11.8 Å². The lowest BCUT2D eigenvalue weighted by Crippen LogP contribution is -2.31. The largest absolute Gasteiger partial charge is 0.274 e. The molecule has 0 bridgehead atoms. The highest BCUT2D eigenvalue weighted by Crippen LogP contribution is 2.42. The first-order valence-corrected chi connectivity index (χ1v) is 8.34. The minimum absolute atomic E-state index is 0.00183. The minimum atomic E-state index is -0.106. The van der Waals surface area contributed by atoms with Gasteiger partial charge in [0.15, 0.2) is 0 Å². The summed E-state index contributed by atoms with van der Waals surface area (Å²) in [6.07, 6.45) is 2.74. The number of aryl methyl sites for hydroxylation is 2. The molecule has 2 aliphatic rings. The van der Waals surface area contributed by atoms with Crippen molar-refractivity contribution in [3.63, 3.8) is 0 Å². The van der Waals surface area contributed by atoms with Crippen LogP contribution < -0.4 is 4.90 Å².